The van der Waals surface area contributed by atoms with E-state index in [9.17, 15) is 14.4 Å². The topological polar surface area (TPSA) is 87.3 Å². The van der Waals surface area contributed by atoms with Gasteiger partial charge in [0.25, 0.3) is 0 Å². The van der Waals surface area contributed by atoms with Crippen molar-refractivity contribution in [2.75, 3.05) is 20.6 Å². The zero-order chi connectivity index (χ0) is 13.4. The molecule has 0 spiro atoms. The molecule has 0 bridgehead atoms. The Hall–Kier alpha value is -1.27. The van der Waals surface area contributed by atoms with Crippen molar-refractivity contribution in [3.63, 3.8) is 0 Å². The van der Waals surface area contributed by atoms with Crippen LogP contribution in [0.2, 0.25) is 0 Å². The minimum Gasteiger partial charge on any atom is -0.353 e. The first kappa shape index (κ1) is 15.7. The van der Waals surface area contributed by atoms with E-state index < -0.39 is 12.1 Å². The number of hydrogen-bond donors (Lipinski definition) is 3. The third-order valence-corrected chi connectivity index (χ3v) is 2.48. The highest BCUT2D eigenvalue weighted by molar-refractivity contribution is 5.89. The molecule has 0 aliphatic carbocycles. The van der Waals surface area contributed by atoms with E-state index in [1.807, 2.05) is 0 Å². The number of carbonyl (C=O) groups excluding carboxylic acids is 3. The van der Waals surface area contributed by atoms with Crippen LogP contribution in [0.15, 0.2) is 0 Å². The summed E-state index contributed by atoms with van der Waals surface area (Å²) in [7, 11) is 3.27. The second-order valence-electron chi connectivity index (χ2n) is 3.94. The van der Waals surface area contributed by atoms with Gasteiger partial charge in [-0.2, -0.15) is 0 Å². The molecule has 0 aromatic heterocycles. The number of ketones is 2. The Balaban J connectivity index is 4.22. The van der Waals surface area contributed by atoms with Crippen LogP contribution in [0.4, 0.5) is 0 Å². The summed E-state index contributed by atoms with van der Waals surface area (Å²) in [5.41, 5.74) is 0. The molecule has 17 heavy (non-hydrogen) atoms. The molecule has 0 aromatic carbocycles. The smallest absolute Gasteiger partial charge is 0.237 e. The first-order valence-corrected chi connectivity index (χ1v) is 5.54. The molecule has 98 valence electrons. The van der Waals surface area contributed by atoms with Crippen molar-refractivity contribution in [1.82, 2.24) is 16.0 Å². The highest BCUT2D eigenvalue weighted by Crippen LogP contribution is 1.93. The SMILES string of the molecule is CN[C@@H](CNC(=O)[C@H](CC(C)=O)NC)C(C)=O. The summed E-state index contributed by atoms with van der Waals surface area (Å²) in [6, 6.07) is -0.939. The molecular formula is C11H21N3O3. The lowest BCUT2D eigenvalue weighted by atomic mass is 10.1. The molecule has 6 nitrogen and oxygen atoms in total. The fourth-order valence-corrected chi connectivity index (χ4v) is 1.39. The molecule has 2 atom stereocenters. The molecule has 0 unspecified atom stereocenters. The summed E-state index contributed by atoms with van der Waals surface area (Å²) in [6.07, 6.45) is 0.145. The summed E-state index contributed by atoms with van der Waals surface area (Å²) in [5.74, 6) is -0.374. The number of rotatable bonds is 8. The number of carbonyl (C=O) groups is 3. The van der Waals surface area contributed by atoms with Crippen LogP contribution in [0.25, 0.3) is 0 Å². The molecule has 0 rings (SSSR count). The minimum atomic E-state index is -0.544. The van der Waals surface area contributed by atoms with Crippen molar-refractivity contribution in [1.29, 1.82) is 0 Å². The lowest BCUT2D eigenvalue weighted by Crippen LogP contribution is -2.49. The average molecular weight is 243 g/mol. The van der Waals surface area contributed by atoms with Gasteiger partial charge in [-0.3, -0.25) is 14.4 Å². The molecule has 6 heteroatoms. The van der Waals surface area contributed by atoms with Crippen LogP contribution >= 0.6 is 0 Å². The summed E-state index contributed by atoms with van der Waals surface area (Å²) in [5, 5.41) is 8.20. The number of likely N-dealkylation sites (N-methyl/N-ethyl adjacent to an activating group) is 2. The van der Waals surface area contributed by atoms with E-state index in [0.717, 1.165) is 0 Å². The molecular weight excluding hydrogens is 222 g/mol. The van der Waals surface area contributed by atoms with Crippen molar-refractivity contribution in [2.24, 2.45) is 0 Å². The van der Waals surface area contributed by atoms with Gasteiger partial charge in [0.2, 0.25) is 5.91 Å². The van der Waals surface area contributed by atoms with Gasteiger partial charge in [-0.15, -0.1) is 0 Å². The van der Waals surface area contributed by atoms with E-state index in [2.05, 4.69) is 16.0 Å². The quantitative estimate of drug-likeness (QED) is 0.501. The molecule has 0 fully saturated rings. The molecule has 0 aliphatic heterocycles. The monoisotopic (exact) mass is 243 g/mol. The standard InChI is InChI=1S/C11H21N3O3/c1-7(15)5-9(12-3)11(17)14-6-10(13-4)8(2)16/h9-10,12-13H,5-6H2,1-4H3,(H,14,17)/t9-,10-/m0/s1. The van der Waals surface area contributed by atoms with Crippen molar-refractivity contribution < 1.29 is 14.4 Å². The fourth-order valence-electron chi connectivity index (χ4n) is 1.39. The van der Waals surface area contributed by atoms with Crippen LogP contribution in [-0.2, 0) is 14.4 Å². The molecule has 0 aliphatic rings. The summed E-state index contributed by atoms with van der Waals surface area (Å²) in [6.45, 7) is 3.11. The summed E-state index contributed by atoms with van der Waals surface area (Å²) >= 11 is 0. The predicted molar refractivity (Wildman–Crippen MR) is 64.7 cm³/mol. The van der Waals surface area contributed by atoms with Gasteiger partial charge in [0.05, 0.1) is 12.1 Å². The highest BCUT2D eigenvalue weighted by Gasteiger charge is 2.19. The van der Waals surface area contributed by atoms with E-state index in [0.29, 0.717) is 0 Å². The Bertz CT molecular complexity index is 292. The summed E-state index contributed by atoms with van der Waals surface area (Å²) < 4.78 is 0. The Morgan fingerprint density at radius 2 is 1.53 bits per heavy atom. The maximum absolute atomic E-state index is 11.7. The Labute approximate surface area is 102 Å². The van der Waals surface area contributed by atoms with Gasteiger partial charge >= 0.3 is 0 Å². The van der Waals surface area contributed by atoms with Gasteiger partial charge in [0.15, 0.2) is 0 Å². The maximum atomic E-state index is 11.7. The zero-order valence-corrected chi connectivity index (χ0v) is 10.8. The third-order valence-electron chi connectivity index (χ3n) is 2.48. The predicted octanol–water partition coefficient (Wildman–Crippen LogP) is -1.15. The molecule has 0 saturated carbocycles. The van der Waals surface area contributed by atoms with Gasteiger partial charge in [0, 0.05) is 13.0 Å². The van der Waals surface area contributed by atoms with Gasteiger partial charge in [-0.25, -0.2) is 0 Å². The second kappa shape index (κ2) is 7.92. The van der Waals surface area contributed by atoms with Crippen LogP contribution in [-0.4, -0.2) is 50.2 Å². The van der Waals surface area contributed by atoms with Crippen molar-refractivity contribution in [3.8, 4) is 0 Å². The third kappa shape index (κ3) is 6.13. The first-order chi connectivity index (χ1) is 7.92. The normalized spacial score (nSPS) is 13.9. The first-order valence-electron chi connectivity index (χ1n) is 5.54. The van der Waals surface area contributed by atoms with Crippen LogP contribution in [0.1, 0.15) is 20.3 Å². The number of nitrogens with one attached hydrogen (secondary N) is 3. The van der Waals surface area contributed by atoms with Gasteiger partial charge < -0.3 is 16.0 Å². The number of hydrogen-bond acceptors (Lipinski definition) is 5. The van der Waals surface area contributed by atoms with Crippen LogP contribution in [0.5, 0.6) is 0 Å². The number of amides is 1. The van der Waals surface area contributed by atoms with Gasteiger partial charge in [0.1, 0.15) is 11.6 Å². The van der Waals surface area contributed by atoms with Crippen LogP contribution in [0.3, 0.4) is 0 Å². The Morgan fingerprint density at radius 3 is 1.88 bits per heavy atom. The lowest BCUT2D eigenvalue weighted by Gasteiger charge is -2.17. The van der Waals surface area contributed by atoms with Gasteiger partial charge in [-0.05, 0) is 27.9 Å². The fraction of sp³-hybridized carbons (Fsp3) is 0.727. The van der Waals surface area contributed by atoms with E-state index in [4.69, 9.17) is 0 Å². The van der Waals surface area contributed by atoms with Crippen molar-refractivity contribution in [2.45, 2.75) is 32.4 Å². The van der Waals surface area contributed by atoms with E-state index in [-0.39, 0.29) is 30.4 Å². The van der Waals surface area contributed by atoms with E-state index in [1.54, 1.807) is 14.1 Å². The molecule has 0 saturated heterocycles. The minimum absolute atomic E-state index is 0.0413. The van der Waals surface area contributed by atoms with Gasteiger partial charge in [-0.1, -0.05) is 0 Å². The molecule has 0 radical (unpaired) electrons. The highest BCUT2D eigenvalue weighted by atomic mass is 16.2. The van der Waals surface area contributed by atoms with E-state index >= 15 is 0 Å². The van der Waals surface area contributed by atoms with Crippen molar-refractivity contribution >= 4 is 17.5 Å². The van der Waals surface area contributed by atoms with Crippen LogP contribution in [0, 0.1) is 0 Å². The van der Waals surface area contributed by atoms with Crippen molar-refractivity contribution in [3.05, 3.63) is 0 Å². The number of Topliss-reactive ketones (excluding diaryl/α,β-unsaturated/α-hetero) is 2. The Kier molecular flexibility index (Phi) is 7.32. The summed E-state index contributed by atoms with van der Waals surface area (Å²) in [4.78, 5) is 33.7. The molecule has 1 amide bonds. The lowest BCUT2D eigenvalue weighted by molar-refractivity contribution is -0.127. The van der Waals surface area contributed by atoms with Crippen LogP contribution < -0.4 is 16.0 Å². The van der Waals surface area contributed by atoms with E-state index in [1.165, 1.54) is 13.8 Å². The maximum Gasteiger partial charge on any atom is 0.237 e. The Morgan fingerprint density at radius 1 is 1.00 bits per heavy atom. The largest absolute Gasteiger partial charge is 0.353 e. The average Bonchev–Trinajstić information content (AvgIpc) is 2.25. The second-order valence-corrected chi connectivity index (χ2v) is 3.94. The molecule has 3 N–H and O–H groups in total. The zero-order valence-electron chi connectivity index (χ0n) is 10.8. The molecule has 0 aromatic rings. The molecule has 0 heterocycles.